The molecule has 1 amide bonds. The second-order valence-electron chi connectivity index (χ2n) is 5.25. The molecular formula is C16H19NO. The molecule has 3 rings (SSSR count). The molecule has 2 atom stereocenters. The minimum absolute atomic E-state index is 0.290. The van der Waals surface area contributed by atoms with Gasteiger partial charge in [0.15, 0.2) is 0 Å². The topological polar surface area (TPSA) is 20.3 Å². The number of β-lactam (4-membered cyclic amide) rings is 1. The second-order valence-corrected chi connectivity index (χ2v) is 5.25. The predicted octanol–water partition coefficient (Wildman–Crippen LogP) is 3.14. The zero-order valence-corrected chi connectivity index (χ0v) is 10.6. The zero-order valence-electron chi connectivity index (χ0n) is 10.6. The number of benzene rings is 1. The summed E-state index contributed by atoms with van der Waals surface area (Å²) in [5, 5.41) is 0. The normalized spacial score (nSPS) is 28.9. The van der Waals surface area contributed by atoms with Gasteiger partial charge in [-0.2, -0.15) is 0 Å². The summed E-state index contributed by atoms with van der Waals surface area (Å²) in [6.07, 6.45) is 8.82. The average Bonchev–Trinajstić information content (AvgIpc) is 2.38. The van der Waals surface area contributed by atoms with Crippen LogP contribution in [0.25, 0.3) is 0 Å². The summed E-state index contributed by atoms with van der Waals surface area (Å²) in [5.41, 5.74) is 1.24. The van der Waals surface area contributed by atoms with E-state index >= 15 is 0 Å². The molecule has 1 heterocycles. The number of rotatable bonds is 2. The van der Waals surface area contributed by atoms with Crippen LogP contribution in [0.4, 0.5) is 0 Å². The summed E-state index contributed by atoms with van der Waals surface area (Å²) in [5.74, 6) is 0.651. The van der Waals surface area contributed by atoms with E-state index in [1.165, 1.54) is 5.56 Å². The largest absolute Gasteiger partial charge is 0.334 e. The molecule has 0 saturated carbocycles. The third kappa shape index (κ3) is 2.07. The lowest BCUT2D eigenvalue weighted by molar-refractivity contribution is -0.158. The van der Waals surface area contributed by atoms with Crippen molar-refractivity contribution in [1.82, 2.24) is 4.90 Å². The van der Waals surface area contributed by atoms with E-state index in [0.29, 0.717) is 17.9 Å². The van der Waals surface area contributed by atoms with E-state index in [2.05, 4.69) is 29.2 Å². The fourth-order valence-corrected chi connectivity index (χ4v) is 3.10. The lowest BCUT2D eigenvalue weighted by atomic mass is 9.79. The standard InChI is InChI=1S/C16H19NO/c18-16-14-10-6-1-2-7-11-15(14)17(16)12-13-8-4-3-5-9-13/h1-5,8-9,14-15H,6-7,10-12H2/b2-1-. The Bertz CT molecular complexity index is 451. The number of hydrogen-bond donors (Lipinski definition) is 0. The molecule has 1 aromatic carbocycles. The number of likely N-dealkylation sites (tertiary alicyclic amines) is 1. The van der Waals surface area contributed by atoms with Crippen molar-refractivity contribution >= 4 is 5.91 Å². The summed E-state index contributed by atoms with van der Waals surface area (Å²) in [6, 6.07) is 10.8. The van der Waals surface area contributed by atoms with Crippen LogP contribution in [0.15, 0.2) is 42.5 Å². The molecule has 94 valence electrons. The molecule has 18 heavy (non-hydrogen) atoms. The first-order valence-electron chi connectivity index (χ1n) is 6.85. The number of carbonyl (C=O) groups is 1. The molecule has 2 unspecified atom stereocenters. The first kappa shape index (κ1) is 11.5. The molecule has 0 N–H and O–H groups in total. The van der Waals surface area contributed by atoms with Crippen molar-refractivity contribution in [2.24, 2.45) is 5.92 Å². The second kappa shape index (κ2) is 4.97. The minimum atomic E-state index is 0.290. The number of carbonyl (C=O) groups excluding carboxylic acids is 1. The maximum atomic E-state index is 12.2. The first-order valence-corrected chi connectivity index (χ1v) is 6.85. The summed E-state index contributed by atoms with van der Waals surface area (Å²) < 4.78 is 0. The molecule has 1 saturated heterocycles. The van der Waals surface area contributed by atoms with E-state index in [1.54, 1.807) is 0 Å². The molecule has 0 aromatic heterocycles. The number of nitrogens with zero attached hydrogens (tertiary/aromatic N) is 1. The minimum Gasteiger partial charge on any atom is -0.334 e. The fourth-order valence-electron chi connectivity index (χ4n) is 3.10. The maximum Gasteiger partial charge on any atom is 0.228 e. The van der Waals surface area contributed by atoms with Gasteiger partial charge in [-0.05, 0) is 31.2 Å². The Morgan fingerprint density at radius 3 is 2.56 bits per heavy atom. The predicted molar refractivity (Wildman–Crippen MR) is 71.9 cm³/mol. The van der Waals surface area contributed by atoms with Gasteiger partial charge in [0.1, 0.15) is 0 Å². The molecule has 1 fully saturated rings. The SMILES string of the molecule is O=C1C2CC/C=C\CCC2N1Cc1ccccc1. The number of hydrogen-bond acceptors (Lipinski definition) is 1. The lowest BCUT2D eigenvalue weighted by Crippen LogP contribution is -2.60. The van der Waals surface area contributed by atoms with E-state index in [9.17, 15) is 4.79 Å². The van der Waals surface area contributed by atoms with E-state index < -0.39 is 0 Å². The summed E-state index contributed by atoms with van der Waals surface area (Å²) in [4.78, 5) is 14.2. The highest BCUT2D eigenvalue weighted by Crippen LogP contribution is 2.36. The highest BCUT2D eigenvalue weighted by atomic mass is 16.2. The van der Waals surface area contributed by atoms with E-state index in [-0.39, 0.29) is 0 Å². The van der Waals surface area contributed by atoms with Gasteiger partial charge in [-0.3, -0.25) is 4.79 Å². The van der Waals surface area contributed by atoms with Crippen molar-refractivity contribution < 1.29 is 4.79 Å². The summed E-state index contributed by atoms with van der Waals surface area (Å²) in [6.45, 7) is 0.782. The maximum absolute atomic E-state index is 12.2. The van der Waals surface area contributed by atoms with Crippen LogP contribution < -0.4 is 0 Å². The van der Waals surface area contributed by atoms with Crippen molar-refractivity contribution in [1.29, 1.82) is 0 Å². The van der Waals surface area contributed by atoms with Gasteiger partial charge < -0.3 is 4.90 Å². The van der Waals surface area contributed by atoms with Gasteiger partial charge in [0.25, 0.3) is 0 Å². The Labute approximate surface area is 108 Å². The smallest absolute Gasteiger partial charge is 0.228 e. The van der Waals surface area contributed by atoms with Crippen molar-refractivity contribution in [3.05, 3.63) is 48.0 Å². The summed E-state index contributed by atoms with van der Waals surface area (Å²) >= 11 is 0. The molecule has 2 aliphatic rings. The average molecular weight is 241 g/mol. The quantitative estimate of drug-likeness (QED) is 0.575. The van der Waals surface area contributed by atoms with Crippen molar-refractivity contribution in [2.75, 3.05) is 0 Å². The van der Waals surface area contributed by atoms with Gasteiger partial charge in [-0.15, -0.1) is 0 Å². The molecule has 0 bridgehead atoms. The number of amides is 1. The van der Waals surface area contributed by atoms with Gasteiger partial charge in [0.2, 0.25) is 5.91 Å². The van der Waals surface area contributed by atoms with Crippen LogP contribution in [-0.2, 0) is 11.3 Å². The summed E-state index contributed by atoms with van der Waals surface area (Å²) in [7, 11) is 0. The van der Waals surface area contributed by atoms with Crippen LogP contribution in [0.1, 0.15) is 31.2 Å². The molecule has 2 heteroatoms. The Balaban J connectivity index is 1.70. The van der Waals surface area contributed by atoms with Crippen LogP contribution >= 0.6 is 0 Å². The monoisotopic (exact) mass is 241 g/mol. The van der Waals surface area contributed by atoms with Gasteiger partial charge in [0.05, 0.1) is 5.92 Å². The van der Waals surface area contributed by atoms with E-state index in [4.69, 9.17) is 0 Å². The lowest BCUT2D eigenvalue weighted by Gasteiger charge is -2.48. The Hall–Kier alpha value is -1.57. The van der Waals surface area contributed by atoms with Crippen molar-refractivity contribution in [3.63, 3.8) is 0 Å². The molecule has 0 radical (unpaired) electrons. The molecule has 0 spiro atoms. The number of fused-ring (bicyclic) bond motifs is 1. The van der Waals surface area contributed by atoms with Crippen LogP contribution in [-0.4, -0.2) is 16.8 Å². The van der Waals surface area contributed by atoms with Crippen LogP contribution in [0, 0.1) is 5.92 Å². The number of allylic oxidation sites excluding steroid dienone is 2. The van der Waals surface area contributed by atoms with E-state index in [0.717, 1.165) is 32.2 Å². The van der Waals surface area contributed by atoms with Gasteiger partial charge in [0, 0.05) is 12.6 Å². The molecule has 1 aliphatic carbocycles. The Kier molecular flexibility index (Phi) is 3.18. The van der Waals surface area contributed by atoms with E-state index in [1.807, 2.05) is 18.2 Å². The highest BCUT2D eigenvalue weighted by Gasteiger charge is 2.45. The van der Waals surface area contributed by atoms with Crippen molar-refractivity contribution in [3.8, 4) is 0 Å². The third-order valence-corrected chi connectivity index (χ3v) is 4.10. The first-order chi connectivity index (χ1) is 8.86. The highest BCUT2D eigenvalue weighted by molar-refractivity contribution is 5.86. The van der Waals surface area contributed by atoms with Crippen LogP contribution in [0.5, 0.6) is 0 Å². The molecular weight excluding hydrogens is 222 g/mol. The fraction of sp³-hybridized carbons (Fsp3) is 0.438. The zero-order chi connectivity index (χ0) is 12.4. The van der Waals surface area contributed by atoms with Gasteiger partial charge >= 0.3 is 0 Å². The molecule has 1 aromatic rings. The van der Waals surface area contributed by atoms with Crippen LogP contribution in [0.3, 0.4) is 0 Å². The Morgan fingerprint density at radius 2 is 1.78 bits per heavy atom. The van der Waals surface area contributed by atoms with Crippen molar-refractivity contribution in [2.45, 2.75) is 38.3 Å². The van der Waals surface area contributed by atoms with Gasteiger partial charge in [-0.25, -0.2) is 0 Å². The molecule has 2 nitrogen and oxygen atoms in total. The molecule has 1 aliphatic heterocycles. The third-order valence-electron chi connectivity index (χ3n) is 4.10. The van der Waals surface area contributed by atoms with Gasteiger partial charge in [-0.1, -0.05) is 42.5 Å². The van der Waals surface area contributed by atoms with Crippen LogP contribution in [0.2, 0.25) is 0 Å². The Morgan fingerprint density at radius 1 is 1.06 bits per heavy atom.